The first-order valence-corrected chi connectivity index (χ1v) is 9.72. The minimum atomic E-state index is -0.265. The number of carbonyl (C=O) groups excluding carboxylic acids is 1. The third kappa shape index (κ3) is 4.10. The number of aromatic hydroxyl groups is 1. The van der Waals surface area contributed by atoms with Crippen molar-refractivity contribution in [1.29, 1.82) is 0 Å². The molecule has 1 unspecified atom stereocenters. The fourth-order valence-electron chi connectivity index (χ4n) is 3.49. The molecule has 1 N–H and O–H groups in total. The highest BCUT2D eigenvalue weighted by Crippen LogP contribution is 2.35. The van der Waals surface area contributed by atoms with Gasteiger partial charge in [0.1, 0.15) is 11.5 Å². The summed E-state index contributed by atoms with van der Waals surface area (Å²) in [5, 5.41) is 16.3. The molecule has 3 aromatic rings. The fourth-order valence-corrected chi connectivity index (χ4v) is 3.49. The second-order valence-corrected chi connectivity index (χ2v) is 6.98. The van der Waals surface area contributed by atoms with Gasteiger partial charge in [-0.05, 0) is 41.5 Å². The highest BCUT2D eigenvalue weighted by atomic mass is 16.5. The van der Waals surface area contributed by atoms with Crippen LogP contribution < -0.4 is 4.74 Å². The van der Waals surface area contributed by atoms with E-state index in [4.69, 9.17) is 4.74 Å². The SMILES string of the molecule is COc1ccc(C2CC(c3ccccc3O)=NN2C(=O)C=Cc2ccccc2)cc1. The van der Waals surface area contributed by atoms with Crippen LogP contribution >= 0.6 is 0 Å². The summed E-state index contributed by atoms with van der Waals surface area (Å²) in [5.74, 6) is 0.685. The second kappa shape index (κ2) is 8.66. The molecule has 0 aromatic heterocycles. The van der Waals surface area contributed by atoms with Crippen molar-refractivity contribution in [1.82, 2.24) is 5.01 Å². The number of phenols is 1. The van der Waals surface area contributed by atoms with E-state index in [0.717, 1.165) is 16.9 Å². The normalized spacial score (nSPS) is 16.0. The lowest BCUT2D eigenvalue weighted by molar-refractivity contribution is -0.127. The van der Waals surface area contributed by atoms with Crippen LogP contribution in [0, 0.1) is 0 Å². The van der Waals surface area contributed by atoms with Crippen LogP contribution in [-0.4, -0.2) is 28.8 Å². The molecular weight excluding hydrogens is 376 g/mol. The van der Waals surface area contributed by atoms with E-state index in [0.29, 0.717) is 17.7 Å². The average molecular weight is 398 g/mol. The standard InChI is InChI=1S/C25H22N2O3/c1-30-20-14-12-19(13-15-20)23-17-22(21-9-5-6-10-24(21)28)26-27(23)25(29)16-11-18-7-3-2-4-8-18/h2-16,23,28H,17H2,1H3. The van der Waals surface area contributed by atoms with E-state index in [1.807, 2.05) is 66.7 Å². The number of carbonyl (C=O) groups is 1. The van der Waals surface area contributed by atoms with E-state index in [2.05, 4.69) is 5.10 Å². The molecule has 5 nitrogen and oxygen atoms in total. The van der Waals surface area contributed by atoms with Gasteiger partial charge in [-0.25, -0.2) is 5.01 Å². The van der Waals surface area contributed by atoms with Gasteiger partial charge in [-0.15, -0.1) is 0 Å². The number of methoxy groups -OCH3 is 1. The van der Waals surface area contributed by atoms with Crippen molar-refractivity contribution in [2.24, 2.45) is 5.10 Å². The van der Waals surface area contributed by atoms with Gasteiger partial charge in [0.15, 0.2) is 0 Å². The number of rotatable bonds is 5. The predicted molar refractivity (Wildman–Crippen MR) is 117 cm³/mol. The molecule has 1 aliphatic rings. The van der Waals surface area contributed by atoms with Crippen LogP contribution in [0.15, 0.2) is 90.0 Å². The monoisotopic (exact) mass is 398 g/mol. The fraction of sp³-hybridized carbons (Fsp3) is 0.120. The largest absolute Gasteiger partial charge is 0.507 e. The summed E-state index contributed by atoms with van der Waals surface area (Å²) in [6, 6.07) is 24.1. The summed E-state index contributed by atoms with van der Waals surface area (Å²) in [5.41, 5.74) is 3.20. The zero-order valence-corrected chi connectivity index (χ0v) is 16.6. The first-order chi connectivity index (χ1) is 14.7. The first kappa shape index (κ1) is 19.5. The quantitative estimate of drug-likeness (QED) is 0.629. The summed E-state index contributed by atoms with van der Waals surface area (Å²) >= 11 is 0. The molecule has 4 rings (SSSR count). The zero-order chi connectivity index (χ0) is 20.9. The van der Waals surface area contributed by atoms with Crippen molar-refractivity contribution in [2.45, 2.75) is 12.5 Å². The van der Waals surface area contributed by atoms with Crippen molar-refractivity contribution in [3.05, 3.63) is 102 Å². The molecule has 1 amide bonds. The highest BCUT2D eigenvalue weighted by Gasteiger charge is 2.33. The maximum absolute atomic E-state index is 13.0. The number of hydrogen-bond donors (Lipinski definition) is 1. The summed E-state index contributed by atoms with van der Waals surface area (Å²) in [6.45, 7) is 0. The van der Waals surface area contributed by atoms with Crippen LogP contribution in [0.3, 0.4) is 0 Å². The van der Waals surface area contributed by atoms with Gasteiger partial charge < -0.3 is 9.84 Å². The first-order valence-electron chi connectivity index (χ1n) is 9.72. The molecule has 0 saturated heterocycles. The smallest absolute Gasteiger partial charge is 0.267 e. The van der Waals surface area contributed by atoms with Crippen LogP contribution in [-0.2, 0) is 4.79 Å². The number of ether oxygens (including phenoxy) is 1. The predicted octanol–water partition coefficient (Wildman–Crippen LogP) is 4.79. The summed E-state index contributed by atoms with van der Waals surface area (Å²) in [6.07, 6.45) is 3.82. The molecular formula is C25H22N2O3. The number of amides is 1. The highest BCUT2D eigenvalue weighted by molar-refractivity contribution is 6.06. The van der Waals surface area contributed by atoms with E-state index in [1.54, 1.807) is 25.3 Å². The molecule has 0 saturated carbocycles. The van der Waals surface area contributed by atoms with E-state index >= 15 is 0 Å². The van der Waals surface area contributed by atoms with Crippen molar-refractivity contribution < 1.29 is 14.6 Å². The van der Waals surface area contributed by atoms with Gasteiger partial charge >= 0.3 is 0 Å². The molecule has 0 radical (unpaired) electrons. The lowest BCUT2D eigenvalue weighted by Crippen LogP contribution is -2.25. The molecule has 150 valence electrons. The molecule has 0 fully saturated rings. The molecule has 1 atom stereocenters. The third-order valence-electron chi connectivity index (χ3n) is 5.07. The third-order valence-corrected chi connectivity index (χ3v) is 5.07. The topological polar surface area (TPSA) is 62.1 Å². The summed E-state index contributed by atoms with van der Waals surface area (Å²) in [7, 11) is 1.62. The van der Waals surface area contributed by atoms with Crippen LogP contribution in [0.25, 0.3) is 6.08 Å². The van der Waals surface area contributed by atoms with Gasteiger partial charge in [0.2, 0.25) is 0 Å². The number of phenolic OH excluding ortho intramolecular Hbond substituents is 1. The average Bonchev–Trinajstić information content (AvgIpc) is 3.24. The molecule has 30 heavy (non-hydrogen) atoms. The Labute approximate surface area is 175 Å². The Bertz CT molecular complexity index is 1090. The minimum Gasteiger partial charge on any atom is -0.507 e. The van der Waals surface area contributed by atoms with Crippen LogP contribution in [0.4, 0.5) is 0 Å². The van der Waals surface area contributed by atoms with Gasteiger partial charge in [-0.3, -0.25) is 4.79 Å². The van der Waals surface area contributed by atoms with Crippen LogP contribution in [0.2, 0.25) is 0 Å². The minimum absolute atomic E-state index is 0.152. The van der Waals surface area contributed by atoms with E-state index in [1.165, 1.54) is 11.1 Å². The number of hydrogen-bond acceptors (Lipinski definition) is 4. The number of hydrazone groups is 1. The van der Waals surface area contributed by atoms with Crippen molar-refractivity contribution >= 4 is 17.7 Å². The lowest BCUT2D eigenvalue weighted by Gasteiger charge is -2.21. The number of para-hydroxylation sites is 1. The Hall–Kier alpha value is -3.86. The molecule has 1 heterocycles. The molecule has 0 bridgehead atoms. The maximum atomic E-state index is 13.0. The maximum Gasteiger partial charge on any atom is 0.267 e. The molecule has 0 aliphatic carbocycles. The molecule has 1 aliphatic heterocycles. The van der Waals surface area contributed by atoms with Crippen LogP contribution in [0.1, 0.15) is 29.2 Å². The second-order valence-electron chi connectivity index (χ2n) is 6.98. The number of benzene rings is 3. The van der Waals surface area contributed by atoms with Gasteiger partial charge in [0.25, 0.3) is 5.91 Å². The number of nitrogens with zero attached hydrogens (tertiary/aromatic N) is 2. The van der Waals surface area contributed by atoms with Gasteiger partial charge in [-0.2, -0.15) is 5.10 Å². The summed E-state index contributed by atoms with van der Waals surface area (Å²) < 4.78 is 5.25. The van der Waals surface area contributed by atoms with Gasteiger partial charge in [0.05, 0.1) is 18.9 Å². The zero-order valence-electron chi connectivity index (χ0n) is 16.6. The van der Waals surface area contributed by atoms with E-state index in [-0.39, 0.29) is 17.7 Å². The lowest BCUT2D eigenvalue weighted by atomic mass is 9.98. The molecule has 0 spiro atoms. The van der Waals surface area contributed by atoms with E-state index < -0.39 is 0 Å². The van der Waals surface area contributed by atoms with E-state index in [9.17, 15) is 9.90 Å². The van der Waals surface area contributed by atoms with Crippen molar-refractivity contribution in [3.63, 3.8) is 0 Å². The summed E-state index contributed by atoms with van der Waals surface area (Å²) in [4.78, 5) is 13.0. The Morgan fingerprint density at radius 3 is 2.43 bits per heavy atom. The van der Waals surface area contributed by atoms with Crippen LogP contribution in [0.5, 0.6) is 11.5 Å². The van der Waals surface area contributed by atoms with Crippen molar-refractivity contribution in [3.8, 4) is 11.5 Å². The molecule has 5 heteroatoms. The van der Waals surface area contributed by atoms with Gasteiger partial charge in [-0.1, -0.05) is 54.6 Å². The van der Waals surface area contributed by atoms with Gasteiger partial charge in [0, 0.05) is 18.1 Å². The Morgan fingerprint density at radius 1 is 1.03 bits per heavy atom. The Morgan fingerprint density at radius 2 is 1.73 bits per heavy atom. The Balaban J connectivity index is 1.66. The molecule has 3 aromatic carbocycles. The Kier molecular flexibility index (Phi) is 5.61. The van der Waals surface area contributed by atoms with Crippen molar-refractivity contribution in [2.75, 3.05) is 7.11 Å².